The molecule has 6 nitrogen and oxygen atoms in total. The number of pyridine rings is 1. The van der Waals surface area contributed by atoms with Crippen molar-refractivity contribution in [3.05, 3.63) is 57.9 Å². The van der Waals surface area contributed by atoms with Crippen molar-refractivity contribution in [3.8, 4) is 5.75 Å². The summed E-state index contributed by atoms with van der Waals surface area (Å²) >= 11 is 0. The zero-order valence-corrected chi connectivity index (χ0v) is 9.74. The molecule has 0 spiro atoms. The van der Waals surface area contributed by atoms with Crippen LogP contribution in [0.5, 0.6) is 5.75 Å². The first kappa shape index (κ1) is 12.0. The van der Waals surface area contributed by atoms with Gasteiger partial charge in [-0.1, -0.05) is 0 Å². The molecule has 0 atom stereocenters. The Labute approximate surface area is 103 Å². The Morgan fingerprint density at radius 2 is 2.28 bits per heavy atom. The van der Waals surface area contributed by atoms with Gasteiger partial charge in [-0.3, -0.25) is 20.1 Å². The Bertz CT molecular complexity index is 544. The molecule has 0 saturated carbocycles. The summed E-state index contributed by atoms with van der Waals surface area (Å²) in [7, 11) is 0. The van der Waals surface area contributed by atoms with Crippen molar-refractivity contribution in [2.24, 2.45) is 4.99 Å². The van der Waals surface area contributed by atoms with Gasteiger partial charge in [-0.25, -0.2) is 0 Å². The number of nitro groups is 1. The average molecular weight is 245 g/mol. The van der Waals surface area contributed by atoms with Gasteiger partial charge in [0.05, 0.1) is 17.5 Å². The summed E-state index contributed by atoms with van der Waals surface area (Å²) in [6.07, 6.45) is 6.07. The molecule has 1 aliphatic heterocycles. The van der Waals surface area contributed by atoms with Gasteiger partial charge in [-0.15, -0.1) is 0 Å². The van der Waals surface area contributed by atoms with E-state index >= 15 is 0 Å². The maximum atomic E-state index is 10.9. The van der Waals surface area contributed by atoms with Crippen molar-refractivity contribution >= 4 is 6.21 Å². The van der Waals surface area contributed by atoms with E-state index in [0.29, 0.717) is 5.75 Å². The number of aryl methyl sites for hydroxylation is 1. The minimum Gasteiger partial charge on any atom is -0.449 e. The highest BCUT2D eigenvalue weighted by molar-refractivity contribution is 5.62. The molecule has 0 bridgehead atoms. The molecule has 6 heteroatoms. The molecule has 2 heterocycles. The van der Waals surface area contributed by atoms with Gasteiger partial charge in [-0.2, -0.15) is 0 Å². The van der Waals surface area contributed by atoms with Crippen molar-refractivity contribution < 1.29 is 9.66 Å². The average Bonchev–Trinajstić information content (AvgIpc) is 2.57. The molecule has 1 aromatic heterocycles. The van der Waals surface area contributed by atoms with Crippen molar-refractivity contribution in [1.82, 2.24) is 4.98 Å². The largest absolute Gasteiger partial charge is 0.449 e. The molecule has 92 valence electrons. The fraction of sp³-hybridized carbons (Fsp3) is 0.167. The molecule has 2 rings (SSSR count). The smallest absolute Gasteiger partial charge is 0.293 e. The summed E-state index contributed by atoms with van der Waals surface area (Å²) in [6, 6.07) is 3.49. The highest BCUT2D eigenvalue weighted by Gasteiger charge is 2.19. The lowest BCUT2D eigenvalue weighted by Crippen LogP contribution is -2.07. The van der Waals surface area contributed by atoms with E-state index in [1.54, 1.807) is 12.1 Å². The Balaban J connectivity index is 2.29. The minimum absolute atomic E-state index is 0.0203. The minimum atomic E-state index is -0.460. The highest BCUT2D eigenvalue weighted by Crippen LogP contribution is 2.19. The van der Waals surface area contributed by atoms with Gasteiger partial charge in [0.2, 0.25) is 5.76 Å². The maximum Gasteiger partial charge on any atom is 0.293 e. The summed E-state index contributed by atoms with van der Waals surface area (Å²) in [4.78, 5) is 18.4. The molecule has 1 aliphatic rings. The number of aromatic nitrogens is 1. The lowest BCUT2D eigenvalue weighted by atomic mass is 10.3. The summed E-state index contributed by atoms with van der Waals surface area (Å²) in [5.74, 6) is 0.643. The molecule has 0 unspecified atom stereocenters. The van der Waals surface area contributed by atoms with Crippen LogP contribution < -0.4 is 4.74 Å². The van der Waals surface area contributed by atoms with Gasteiger partial charge in [-0.05, 0) is 19.1 Å². The first-order valence-corrected chi connectivity index (χ1v) is 5.33. The summed E-state index contributed by atoms with van der Waals surface area (Å²) in [5, 5.41) is 10.9. The van der Waals surface area contributed by atoms with E-state index in [1.807, 2.05) is 6.92 Å². The molecule has 0 N–H and O–H groups in total. The lowest BCUT2D eigenvalue weighted by molar-refractivity contribution is -0.428. The van der Waals surface area contributed by atoms with E-state index in [1.165, 1.54) is 24.7 Å². The van der Waals surface area contributed by atoms with Crippen LogP contribution in [0.4, 0.5) is 0 Å². The Morgan fingerprint density at radius 3 is 2.94 bits per heavy atom. The Kier molecular flexibility index (Phi) is 3.47. The van der Waals surface area contributed by atoms with E-state index < -0.39 is 4.92 Å². The molecule has 0 amide bonds. The zero-order valence-electron chi connectivity index (χ0n) is 9.74. The molecule has 0 saturated heterocycles. The number of ether oxygens (including phenoxy) is 1. The fourth-order valence-corrected chi connectivity index (χ4v) is 1.41. The standard InChI is InChI=1S/C12H11N3O3/c1-9-2-3-10(8-14-9)18-12-5-7-13-6-4-11(12)15(16)17/h2-3,5-8H,4H2,1H3. The number of nitrogens with zero attached hydrogens (tertiary/aromatic N) is 3. The number of hydrogen-bond acceptors (Lipinski definition) is 5. The summed E-state index contributed by atoms with van der Waals surface area (Å²) in [6.45, 7) is 1.85. The van der Waals surface area contributed by atoms with Gasteiger partial charge in [0.1, 0.15) is 5.75 Å². The van der Waals surface area contributed by atoms with Crippen molar-refractivity contribution in [3.63, 3.8) is 0 Å². The number of hydrogen-bond donors (Lipinski definition) is 0. The predicted molar refractivity (Wildman–Crippen MR) is 65.9 cm³/mol. The molecule has 0 aromatic carbocycles. The van der Waals surface area contributed by atoms with Crippen LogP contribution in [0.25, 0.3) is 0 Å². The Hall–Kier alpha value is -2.50. The quantitative estimate of drug-likeness (QED) is 0.604. The van der Waals surface area contributed by atoms with Crippen LogP contribution >= 0.6 is 0 Å². The normalized spacial score (nSPS) is 14.5. The summed E-state index contributed by atoms with van der Waals surface area (Å²) < 4.78 is 5.47. The highest BCUT2D eigenvalue weighted by atomic mass is 16.6. The van der Waals surface area contributed by atoms with E-state index in [4.69, 9.17) is 4.74 Å². The molecule has 0 fully saturated rings. The van der Waals surface area contributed by atoms with Crippen LogP contribution in [-0.2, 0) is 0 Å². The number of aliphatic imine (C=N–C) groups is 1. The van der Waals surface area contributed by atoms with E-state index in [0.717, 1.165) is 5.69 Å². The summed E-state index contributed by atoms with van der Waals surface area (Å²) in [5.41, 5.74) is 0.832. The van der Waals surface area contributed by atoms with Crippen LogP contribution in [0.3, 0.4) is 0 Å². The number of allylic oxidation sites excluding steroid dienone is 2. The van der Waals surface area contributed by atoms with Crippen LogP contribution in [0.1, 0.15) is 12.1 Å². The van der Waals surface area contributed by atoms with Crippen LogP contribution in [-0.4, -0.2) is 16.1 Å². The van der Waals surface area contributed by atoms with E-state index in [2.05, 4.69) is 9.98 Å². The van der Waals surface area contributed by atoms with Gasteiger partial charge in [0.15, 0.2) is 0 Å². The molecule has 18 heavy (non-hydrogen) atoms. The van der Waals surface area contributed by atoms with Crippen LogP contribution in [0, 0.1) is 17.0 Å². The van der Waals surface area contributed by atoms with Gasteiger partial charge in [0.25, 0.3) is 5.70 Å². The Morgan fingerprint density at radius 1 is 1.44 bits per heavy atom. The van der Waals surface area contributed by atoms with Crippen molar-refractivity contribution in [2.75, 3.05) is 0 Å². The van der Waals surface area contributed by atoms with E-state index in [-0.39, 0.29) is 17.9 Å². The SMILES string of the molecule is Cc1ccc(OC2=C([N+](=O)[O-])CC=NC=C2)cn1. The van der Waals surface area contributed by atoms with Crippen molar-refractivity contribution in [2.45, 2.75) is 13.3 Å². The number of rotatable bonds is 3. The van der Waals surface area contributed by atoms with Crippen molar-refractivity contribution in [1.29, 1.82) is 0 Å². The maximum absolute atomic E-state index is 10.9. The predicted octanol–water partition coefficient (Wildman–Crippen LogP) is 2.25. The first-order chi connectivity index (χ1) is 8.66. The third-order valence-electron chi connectivity index (χ3n) is 2.32. The van der Waals surface area contributed by atoms with Crippen LogP contribution in [0.2, 0.25) is 0 Å². The monoisotopic (exact) mass is 245 g/mol. The van der Waals surface area contributed by atoms with E-state index in [9.17, 15) is 10.1 Å². The van der Waals surface area contributed by atoms with Crippen LogP contribution in [0.15, 0.2) is 47.1 Å². The van der Waals surface area contributed by atoms with Gasteiger partial charge >= 0.3 is 0 Å². The molecule has 0 aliphatic carbocycles. The second kappa shape index (κ2) is 5.22. The topological polar surface area (TPSA) is 77.6 Å². The molecular weight excluding hydrogens is 234 g/mol. The molecule has 1 aromatic rings. The third kappa shape index (κ3) is 2.79. The fourth-order valence-electron chi connectivity index (χ4n) is 1.41. The molecule has 0 radical (unpaired) electrons. The van der Waals surface area contributed by atoms with Gasteiger partial charge < -0.3 is 4.74 Å². The first-order valence-electron chi connectivity index (χ1n) is 5.33. The zero-order chi connectivity index (χ0) is 13.0. The third-order valence-corrected chi connectivity index (χ3v) is 2.32. The lowest BCUT2D eigenvalue weighted by Gasteiger charge is -2.06. The second-order valence-electron chi connectivity index (χ2n) is 3.66. The molecular formula is C12H11N3O3. The second-order valence-corrected chi connectivity index (χ2v) is 3.66. The van der Waals surface area contributed by atoms with Gasteiger partial charge in [0, 0.05) is 24.2 Å².